The molecule has 0 saturated carbocycles. The van der Waals surface area contributed by atoms with Gasteiger partial charge in [-0.3, -0.25) is 9.88 Å². The van der Waals surface area contributed by atoms with Crippen molar-refractivity contribution in [2.24, 2.45) is 0 Å². The Morgan fingerprint density at radius 2 is 2.17 bits per heavy atom. The van der Waals surface area contributed by atoms with Gasteiger partial charge in [-0.15, -0.1) is 0 Å². The molecule has 0 amide bonds. The normalized spacial score (nSPS) is 20.5. The van der Waals surface area contributed by atoms with E-state index in [1.54, 1.807) is 18.5 Å². The second-order valence-electron chi connectivity index (χ2n) is 6.63. The highest BCUT2D eigenvalue weighted by atomic mass is 19.1. The van der Waals surface area contributed by atoms with Gasteiger partial charge in [0.15, 0.2) is 11.6 Å². The van der Waals surface area contributed by atoms with Gasteiger partial charge in [-0.05, 0) is 32.0 Å². The van der Waals surface area contributed by atoms with Gasteiger partial charge in [0.2, 0.25) is 0 Å². The van der Waals surface area contributed by atoms with E-state index in [1.165, 1.54) is 6.07 Å². The highest BCUT2D eigenvalue weighted by molar-refractivity contribution is 5.67. The molecule has 0 unspecified atom stereocenters. The summed E-state index contributed by atoms with van der Waals surface area (Å²) in [6.07, 6.45) is 3.27. The van der Waals surface area contributed by atoms with E-state index in [1.807, 2.05) is 6.07 Å². The Morgan fingerprint density at radius 3 is 2.96 bits per heavy atom. The summed E-state index contributed by atoms with van der Waals surface area (Å²) in [5.74, 6) is 1.22. The molecule has 1 saturated heterocycles. The van der Waals surface area contributed by atoms with Crippen LogP contribution in [0.15, 0.2) is 30.6 Å². The lowest BCUT2D eigenvalue weighted by Crippen LogP contribution is -2.58. The van der Waals surface area contributed by atoms with Gasteiger partial charge in [0.1, 0.15) is 18.1 Å². The second kappa shape index (κ2) is 6.02. The Bertz CT molecular complexity index is 752. The average Bonchev–Trinajstić information content (AvgIpc) is 2.61. The van der Waals surface area contributed by atoms with Crippen molar-refractivity contribution in [3.8, 4) is 17.0 Å². The van der Waals surface area contributed by atoms with E-state index in [-0.39, 0.29) is 5.82 Å². The lowest BCUT2D eigenvalue weighted by Gasteiger charge is -2.46. The Morgan fingerprint density at radius 1 is 1.29 bits per heavy atom. The van der Waals surface area contributed by atoms with Crippen LogP contribution in [0.3, 0.4) is 0 Å². The summed E-state index contributed by atoms with van der Waals surface area (Å²) < 4.78 is 19.9. The molecule has 0 aromatic carbocycles. The molecule has 0 N–H and O–H groups in total. The lowest BCUT2D eigenvalue weighted by atomic mass is 10.1. The van der Waals surface area contributed by atoms with Gasteiger partial charge in [0.25, 0.3) is 0 Å². The van der Waals surface area contributed by atoms with E-state index in [0.717, 1.165) is 25.5 Å². The van der Waals surface area contributed by atoms with Crippen LogP contribution >= 0.6 is 0 Å². The van der Waals surface area contributed by atoms with Crippen molar-refractivity contribution in [1.29, 1.82) is 0 Å². The fourth-order valence-corrected chi connectivity index (χ4v) is 3.44. The fraction of sp³-hybridized carbons (Fsp3) is 0.444. The van der Waals surface area contributed by atoms with Gasteiger partial charge in [0, 0.05) is 43.6 Å². The number of rotatable bonds is 2. The Hall–Kier alpha value is -2.21. The molecule has 5 nitrogen and oxygen atoms in total. The molecule has 0 spiro atoms. The van der Waals surface area contributed by atoms with Crippen LogP contribution in [0.2, 0.25) is 0 Å². The Kier molecular flexibility index (Phi) is 3.84. The average molecular weight is 328 g/mol. The molecule has 1 atom stereocenters. The zero-order valence-electron chi connectivity index (χ0n) is 13.9. The minimum Gasteiger partial charge on any atom is -0.487 e. The van der Waals surface area contributed by atoms with E-state index in [4.69, 9.17) is 4.74 Å². The fourth-order valence-electron chi connectivity index (χ4n) is 3.44. The molecule has 6 heteroatoms. The van der Waals surface area contributed by atoms with Gasteiger partial charge in [0.05, 0.1) is 6.04 Å². The van der Waals surface area contributed by atoms with E-state index < -0.39 is 0 Å². The van der Waals surface area contributed by atoms with Gasteiger partial charge in [-0.25, -0.2) is 9.37 Å². The highest BCUT2D eigenvalue weighted by Crippen LogP contribution is 2.36. The van der Waals surface area contributed by atoms with Crippen molar-refractivity contribution in [1.82, 2.24) is 14.9 Å². The molecular formula is C18H21FN4O. The van der Waals surface area contributed by atoms with Gasteiger partial charge < -0.3 is 9.64 Å². The maximum absolute atomic E-state index is 13.9. The molecule has 2 aromatic rings. The predicted molar refractivity (Wildman–Crippen MR) is 90.8 cm³/mol. The summed E-state index contributed by atoms with van der Waals surface area (Å²) in [6, 6.07) is 5.69. The smallest absolute Gasteiger partial charge is 0.171 e. The number of aromatic nitrogens is 2. The van der Waals surface area contributed by atoms with Gasteiger partial charge in [-0.1, -0.05) is 0 Å². The molecule has 2 aliphatic rings. The summed E-state index contributed by atoms with van der Waals surface area (Å²) in [7, 11) is 0. The number of halogens is 1. The standard InChI is InChI=1S/C18H21FN4O/c1-12(2)22-6-7-23-14(10-22)11-24-16-8-13(9-21-18(16)23)17-15(19)4-3-5-20-17/h3-5,8-9,12,14H,6-7,10-11H2,1-2H3/t14-/m1/s1. The summed E-state index contributed by atoms with van der Waals surface area (Å²) in [6.45, 7) is 8.01. The van der Waals surface area contributed by atoms with Crippen LogP contribution < -0.4 is 9.64 Å². The summed E-state index contributed by atoms with van der Waals surface area (Å²) in [4.78, 5) is 13.5. The van der Waals surface area contributed by atoms with E-state index >= 15 is 0 Å². The van der Waals surface area contributed by atoms with E-state index in [2.05, 4.69) is 33.6 Å². The minimum absolute atomic E-state index is 0.308. The first-order chi connectivity index (χ1) is 11.6. The zero-order chi connectivity index (χ0) is 16.7. The van der Waals surface area contributed by atoms with Crippen LogP contribution in [0.4, 0.5) is 10.2 Å². The van der Waals surface area contributed by atoms with E-state index in [0.29, 0.717) is 35.7 Å². The SMILES string of the molecule is CC(C)N1CCN2c3ncc(-c4ncccc4F)cc3OC[C@H]2C1. The molecule has 0 radical (unpaired) electrons. The van der Waals surface area contributed by atoms with Crippen molar-refractivity contribution in [2.75, 3.05) is 31.1 Å². The highest BCUT2D eigenvalue weighted by Gasteiger charge is 2.34. The first-order valence-electron chi connectivity index (χ1n) is 8.38. The second-order valence-corrected chi connectivity index (χ2v) is 6.63. The third-order valence-corrected chi connectivity index (χ3v) is 4.81. The third-order valence-electron chi connectivity index (χ3n) is 4.81. The van der Waals surface area contributed by atoms with Crippen LogP contribution in [0.5, 0.6) is 5.75 Å². The number of ether oxygens (including phenoxy) is 1. The number of hydrogen-bond donors (Lipinski definition) is 0. The van der Waals surface area contributed by atoms with Crippen LogP contribution in [-0.4, -0.2) is 53.2 Å². The number of anilines is 1. The predicted octanol–water partition coefficient (Wildman–Crippen LogP) is 2.57. The van der Waals surface area contributed by atoms with Crippen LogP contribution in [0, 0.1) is 5.82 Å². The largest absolute Gasteiger partial charge is 0.487 e. The van der Waals surface area contributed by atoms with Crippen molar-refractivity contribution >= 4 is 5.82 Å². The van der Waals surface area contributed by atoms with Gasteiger partial charge in [-0.2, -0.15) is 0 Å². The number of hydrogen-bond acceptors (Lipinski definition) is 5. The number of pyridine rings is 2. The van der Waals surface area contributed by atoms with Crippen LogP contribution in [0.1, 0.15) is 13.8 Å². The van der Waals surface area contributed by atoms with Crippen molar-refractivity contribution in [3.63, 3.8) is 0 Å². The number of nitrogens with zero attached hydrogens (tertiary/aromatic N) is 4. The maximum atomic E-state index is 13.9. The molecule has 2 aliphatic heterocycles. The quantitative estimate of drug-likeness (QED) is 0.847. The van der Waals surface area contributed by atoms with Crippen molar-refractivity contribution in [2.45, 2.75) is 25.9 Å². The molecule has 4 heterocycles. The molecule has 126 valence electrons. The summed E-state index contributed by atoms with van der Waals surface area (Å²) in [5.41, 5.74) is 0.953. The van der Waals surface area contributed by atoms with Crippen LogP contribution in [0.25, 0.3) is 11.3 Å². The first kappa shape index (κ1) is 15.3. The van der Waals surface area contributed by atoms with Crippen LogP contribution in [-0.2, 0) is 0 Å². The topological polar surface area (TPSA) is 41.5 Å². The third kappa shape index (κ3) is 2.60. The molecular weight excluding hydrogens is 307 g/mol. The molecule has 0 bridgehead atoms. The molecule has 24 heavy (non-hydrogen) atoms. The molecule has 4 rings (SSSR count). The first-order valence-corrected chi connectivity index (χ1v) is 8.38. The molecule has 1 fully saturated rings. The molecule has 2 aromatic heterocycles. The lowest BCUT2D eigenvalue weighted by molar-refractivity contribution is 0.140. The number of piperazine rings is 1. The van der Waals surface area contributed by atoms with E-state index in [9.17, 15) is 4.39 Å². The van der Waals surface area contributed by atoms with Crippen molar-refractivity contribution in [3.05, 3.63) is 36.4 Å². The number of fused-ring (bicyclic) bond motifs is 3. The minimum atomic E-state index is -0.349. The Labute approximate surface area is 141 Å². The maximum Gasteiger partial charge on any atom is 0.171 e. The summed E-state index contributed by atoms with van der Waals surface area (Å²) in [5, 5.41) is 0. The molecule has 0 aliphatic carbocycles. The summed E-state index contributed by atoms with van der Waals surface area (Å²) >= 11 is 0. The van der Waals surface area contributed by atoms with Gasteiger partial charge >= 0.3 is 0 Å². The zero-order valence-corrected chi connectivity index (χ0v) is 13.9. The monoisotopic (exact) mass is 328 g/mol. The van der Waals surface area contributed by atoms with Crippen molar-refractivity contribution < 1.29 is 9.13 Å². The Balaban J connectivity index is 1.63.